The van der Waals surface area contributed by atoms with Crippen molar-refractivity contribution in [2.24, 2.45) is 0 Å². The van der Waals surface area contributed by atoms with E-state index in [2.05, 4.69) is 5.32 Å². The first-order valence-corrected chi connectivity index (χ1v) is 7.46. The Kier molecular flexibility index (Phi) is 5.12. The second-order valence-electron chi connectivity index (χ2n) is 5.42. The number of piperazine rings is 1. The van der Waals surface area contributed by atoms with Crippen LogP contribution < -0.4 is 5.32 Å². The Hall–Kier alpha value is -2.97. The zero-order valence-corrected chi connectivity index (χ0v) is 13.4. The average molecular weight is 334 g/mol. The summed E-state index contributed by atoms with van der Waals surface area (Å²) < 4.78 is 0. The lowest BCUT2D eigenvalue weighted by molar-refractivity contribution is -0.385. The molecular formula is C15H18N4O5. The minimum absolute atomic E-state index is 0.101. The number of amides is 3. The van der Waals surface area contributed by atoms with Crippen molar-refractivity contribution in [1.82, 2.24) is 9.80 Å². The molecule has 1 N–H and O–H groups in total. The number of nitro groups is 1. The van der Waals surface area contributed by atoms with Crippen molar-refractivity contribution >= 4 is 29.1 Å². The van der Waals surface area contributed by atoms with Gasteiger partial charge in [-0.2, -0.15) is 0 Å². The summed E-state index contributed by atoms with van der Waals surface area (Å²) in [5.74, 6) is -1.85. The SMILES string of the molecule is CCN1CCN(CC(=O)Nc2ccc(C)c([N+](=O)[O-])c2)C(=O)C1=O. The summed E-state index contributed by atoms with van der Waals surface area (Å²) in [6.45, 7) is 4.20. The molecule has 0 saturated carbocycles. The van der Waals surface area contributed by atoms with Gasteiger partial charge in [-0.25, -0.2) is 0 Å². The molecule has 0 atom stereocenters. The van der Waals surface area contributed by atoms with Crippen LogP contribution in [0.2, 0.25) is 0 Å². The molecular weight excluding hydrogens is 316 g/mol. The Morgan fingerprint density at radius 2 is 1.88 bits per heavy atom. The van der Waals surface area contributed by atoms with E-state index in [-0.39, 0.29) is 24.5 Å². The van der Waals surface area contributed by atoms with Crippen molar-refractivity contribution in [3.63, 3.8) is 0 Å². The summed E-state index contributed by atoms with van der Waals surface area (Å²) in [7, 11) is 0. The summed E-state index contributed by atoms with van der Waals surface area (Å²) in [5.41, 5.74) is 0.647. The van der Waals surface area contributed by atoms with Gasteiger partial charge in [-0.05, 0) is 19.9 Å². The second-order valence-corrected chi connectivity index (χ2v) is 5.42. The maximum absolute atomic E-state index is 12.1. The number of nitro benzene ring substituents is 1. The van der Waals surface area contributed by atoms with Crippen LogP contribution in [-0.4, -0.2) is 58.6 Å². The van der Waals surface area contributed by atoms with Crippen LogP contribution >= 0.6 is 0 Å². The molecule has 0 spiro atoms. The Labute approximate surface area is 138 Å². The van der Waals surface area contributed by atoms with Crippen molar-refractivity contribution in [2.45, 2.75) is 13.8 Å². The van der Waals surface area contributed by atoms with Crippen LogP contribution in [0.15, 0.2) is 18.2 Å². The van der Waals surface area contributed by atoms with Gasteiger partial charge in [0.15, 0.2) is 0 Å². The van der Waals surface area contributed by atoms with Crippen LogP contribution in [0.1, 0.15) is 12.5 Å². The van der Waals surface area contributed by atoms with E-state index in [1.54, 1.807) is 19.9 Å². The molecule has 9 heteroatoms. The van der Waals surface area contributed by atoms with Gasteiger partial charge in [-0.1, -0.05) is 6.07 Å². The molecule has 24 heavy (non-hydrogen) atoms. The van der Waals surface area contributed by atoms with Gasteiger partial charge in [-0.15, -0.1) is 0 Å². The van der Waals surface area contributed by atoms with E-state index < -0.39 is 22.6 Å². The standard InChI is InChI=1S/C15H18N4O5/c1-3-17-6-7-18(15(22)14(17)21)9-13(20)16-11-5-4-10(2)12(8-11)19(23)24/h4-5,8H,3,6-7,9H2,1-2H3,(H,16,20). The van der Waals surface area contributed by atoms with Gasteiger partial charge in [0.1, 0.15) is 6.54 Å². The normalized spacial score (nSPS) is 14.8. The number of carbonyl (C=O) groups excluding carboxylic acids is 3. The molecule has 1 aromatic rings. The molecule has 1 aliphatic rings. The minimum atomic E-state index is -0.715. The quantitative estimate of drug-likeness (QED) is 0.479. The van der Waals surface area contributed by atoms with E-state index in [1.807, 2.05) is 0 Å². The number of nitrogens with one attached hydrogen (secondary N) is 1. The predicted molar refractivity (Wildman–Crippen MR) is 85.3 cm³/mol. The van der Waals surface area contributed by atoms with Crippen LogP contribution in [0, 0.1) is 17.0 Å². The fourth-order valence-corrected chi connectivity index (χ4v) is 2.43. The minimum Gasteiger partial charge on any atom is -0.333 e. The third kappa shape index (κ3) is 3.67. The van der Waals surface area contributed by atoms with Crippen molar-refractivity contribution in [3.05, 3.63) is 33.9 Å². The van der Waals surface area contributed by atoms with E-state index >= 15 is 0 Å². The molecule has 0 unspecified atom stereocenters. The molecule has 1 aliphatic heterocycles. The lowest BCUT2D eigenvalue weighted by Crippen LogP contribution is -2.55. The zero-order chi connectivity index (χ0) is 17.9. The Morgan fingerprint density at radius 1 is 1.25 bits per heavy atom. The highest BCUT2D eigenvalue weighted by atomic mass is 16.6. The molecule has 3 amide bonds. The van der Waals surface area contributed by atoms with Crippen LogP contribution in [0.5, 0.6) is 0 Å². The largest absolute Gasteiger partial charge is 0.333 e. The van der Waals surface area contributed by atoms with Gasteiger partial charge in [0.25, 0.3) is 5.69 Å². The molecule has 0 aromatic heterocycles. The van der Waals surface area contributed by atoms with Gasteiger partial charge in [0.05, 0.1) is 4.92 Å². The van der Waals surface area contributed by atoms with E-state index in [0.717, 1.165) is 0 Å². The van der Waals surface area contributed by atoms with E-state index in [0.29, 0.717) is 18.7 Å². The number of likely N-dealkylation sites (N-methyl/N-ethyl adjacent to an activating group) is 1. The fraction of sp³-hybridized carbons (Fsp3) is 0.400. The summed E-state index contributed by atoms with van der Waals surface area (Å²) in [4.78, 5) is 48.8. The summed E-state index contributed by atoms with van der Waals surface area (Å²) in [6, 6.07) is 4.33. The number of hydrogen-bond acceptors (Lipinski definition) is 5. The van der Waals surface area contributed by atoms with Crippen LogP contribution in [0.4, 0.5) is 11.4 Å². The number of anilines is 1. The van der Waals surface area contributed by atoms with Crippen molar-refractivity contribution in [1.29, 1.82) is 0 Å². The molecule has 0 bridgehead atoms. The first-order valence-electron chi connectivity index (χ1n) is 7.46. The maximum atomic E-state index is 12.1. The molecule has 0 aliphatic carbocycles. The monoisotopic (exact) mass is 334 g/mol. The van der Waals surface area contributed by atoms with Gasteiger partial charge in [0, 0.05) is 37.0 Å². The average Bonchev–Trinajstić information content (AvgIpc) is 2.53. The first-order chi connectivity index (χ1) is 11.3. The summed E-state index contributed by atoms with van der Waals surface area (Å²) in [5, 5.41) is 13.4. The molecule has 0 radical (unpaired) electrons. The predicted octanol–water partition coefficient (Wildman–Crippen LogP) is 0.532. The molecule has 1 aromatic carbocycles. The van der Waals surface area contributed by atoms with Gasteiger partial charge >= 0.3 is 11.8 Å². The van der Waals surface area contributed by atoms with Gasteiger partial charge in [0.2, 0.25) is 5.91 Å². The highest BCUT2D eigenvalue weighted by molar-refractivity contribution is 6.35. The Morgan fingerprint density at radius 3 is 2.50 bits per heavy atom. The van der Waals surface area contributed by atoms with Crippen LogP contribution in [0.25, 0.3) is 0 Å². The van der Waals surface area contributed by atoms with Crippen LogP contribution in [0.3, 0.4) is 0 Å². The third-order valence-electron chi connectivity index (χ3n) is 3.80. The van der Waals surface area contributed by atoms with E-state index in [1.165, 1.54) is 21.9 Å². The lowest BCUT2D eigenvalue weighted by Gasteiger charge is -2.32. The number of benzene rings is 1. The molecule has 1 heterocycles. The Balaban J connectivity index is 2.01. The van der Waals surface area contributed by atoms with E-state index in [4.69, 9.17) is 0 Å². The highest BCUT2D eigenvalue weighted by Gasteiger charge is 2.32. The number of nitrogens with zero attached hydrogens (tertiary/aromatic N) is 3. The smallest absolute Gasteiger partial charge is 0.312 e. The second kappa shape index (κ2) is 7.07. The number of carbonyl (C=O) groups is 3. The Bertz CT molecular complexity index is 703. The number of aryl methyl sites for hydroxylation is 1. The zero-order valence-electron chi connectivity index (χ0n) is 13.4. The van der Waals surface area contributed by atoms with Crippen LogP contribution in [-0.2, 0) is 14.4 Å². The van der Waals surface area contributed by atoms with Crippen molar-refractivity contribution in [2.75, 3.05) is 31.5 Å². The van der Waals surface area contributed by atoms with Gasteiger partial charge < -0.3 is 15.1 Å². The summed E-state index contributed by atoms with van der Waals surface area (Å²) in [6.07, 6.45) is 0. The maximum Gasteiger partial charge on any atom is 0.312 e. The molecule has 1 saturated heterocycles. The van der Waals surface area contributed by atoms with E-state index in [9.17, 15) is 24.5 Å². The third-order valence-corrected chi connectivity index (χ3v) is 3.80. The topological polar surface area (TPSA) is 113 Å². The molecule has 9 nitrogen and oxygen atoms in total. The first kappa shape index (κ1) is 17.4. The number of hydrogen-bond donors (Lipinski definition) is 1. The molecule has 2 rings (SSSR count). The highest BCUT2D eigenvalue weighted by Crippen LogP contribution is 2.22. The van der Waals surface area contributed by atoms with Crippen molar-refractivity contribution < 1.29 is 19.3 Å². The van der Waals surface area contributed by atoms with Crippen molar-refractivity contribution in [3.8, 4) is 0 Å². The molecule has 1 fully saturated rings. The molecule has 128 valence electrons. The fourth-order valence-electron chi connectivity index (χ4n) is 2.43. The number of rotatable bonds is 5. The lowest BCUT2D eigenvalue weighted by atomic mass is 10.2. The summed E-state index contributed by atoms with van der Waals surface area (Å²) >= 11 is 0. The van der Waals surface area contributed by atoms with Gasteiger partial charge in [-0.3, -0.25) is 24.5 Å².